The molecule has 0 bridgehead atoms. The van der Waals surface area contributed by atoms with E-state index in [-0.39, 0.29) is 0 Å². The summed E-state index contributed by atoms with van der Waals surface area (Å²) in [6.45, 7) is 1.70. The van der Waals surface area contributed by atoms with Gasteiger partial charge in [-0.3, -0.25) is 4.79 Å². The molecule has 0 aliphatic heterocycles. The molecule has 2 aromatic rings. The third-order valence-corrected chi connectivity index (χ3v) is 2.58. The molecule has 2 rings (SSSR count). The summed E-state index contributed by atoms with van der Waals surface area (Å²) in [6, 6.07) is 12.1. The molecule has 19 heavy (non-hydrogen) atoms. The van der Waals surface area contributed by atoms with E-state index in [9.17, 15) is 9.90 Å². The van der Waals surface area contributed by atoms with Gasteiger partial charge in [0.2, 0.25) is 0 Å². The van der Waals surface area contributed by atoms with E-state index in [1.165, 1.54) is 6.26 Å². The summed E-state index contributed by atoms with van der Waals surface area (Å²) in [4.78, 5) is 11.7. The number of nitrogens with zero attached hydrogens (tertiary/aromatic N) is 1. The van der Waals surface area contributed by atoms with Crippen LogP contribution in [-0.2, 0) is 4.79 Å². The van der Waals surface area contributed by atoms with Gasteiger partial charge in [-0.15, -0.1) is 0 Å². The molecule has 2 N–H and O–H groups in total. The van der Waals surface area contributed by atoms with E-state index in [1.807, 2.05) is 6.07 Å². The number of hydrogen-bond acceptors (Lipinski definition) is 4. The lowest BCUT2D eigenvalue weighted by molar-refractivity contribution is -0.129. The molecular formula is C14H14N2O3. The molecule has 1 aromatic heterocycles. The zero-order valence-corrected chi connectivity index (χ0v) is 10.4. The van der Waals surface area contributed by atoms with Crippen LogP contribution in [-0.4, -0.2) is 16.7 Å². The molecule has 1 heterocycles. The van der Waals surface area contributed by atoms with Crippen LogP contribution < -0.4 is 5.43 Å². The van der Waals surface area contributed by atoms with E-state index in [4.69, 9.17) is 4.42 Å². The number of hydrazone groups is 1. The Kier molecular flexibility index (Phi) is 4.10. The predicted octanol–water partition coefficient (Wildman–Crippen LogP) is 1.85. The number of aliphatic hydroxyl groups excluding tert-OH is 1. The first-order valence-corrected chi connectivity index (χ1v) is 5.79. The smallest absolute Gasteiger partial charge is 0.273 e. The largest absolute Gasteiger partial charge is 0.463 e. The molecule has 1 aromatic carbocycles. The van der Waals surface area contributed by atoms with Gasteiger partial charge >= 0.3 is 0 Å². The van der Waals surface area contributed by atoms with E-state index in [2.05, 4.69) is 10.5 Å². The van der Waals surface area contributed by atoms with Gasteiger partial charge in [-0.2, -0.15) is 5.10 Å². The van der Waals surface area contributed by atoms with Gasteiger partial charge in [0.25, 0.3) is 5.91 Å². The maximum atomic E-state index is 11.7. The lowest BCUT2D eigenvalue weighted by Crippen LogP contribution is -2.26. The van der Waals surface area contributed by atoms with Crippen LogP contribution in [0.1, 0.15) is 24.4 Å². The Labute approximate surface area is 110 Å². The van der Waals surface area contributed by atoms with Crippen molar-refractivity contribution in [3.8, 4) is 0 Å². The second-order valence-electron chi connectivity index (χ2n) is 3.96. The van der Waals surface area contributed by atoms with E-state index in [0.717, 1.165) is 0 Å². The van der Waals surface area contributed by atoms with E-state index < -0.39 is 12.0 Å². The number of hydrogen-bond donors (Lipinski definition) is 2. The zero-order chi connectivity index (χ0) is 13.7. The average Bonchev–Trinajstić information content (AvgIpc) is 2.98. The van der Waals surface area contributed by atoms with Crippen LogP contribution in [0.5, 0.6) is 0 Å². The molecule has 5 heteroatoms. The van der Waals surface area contributed by atoms with Crippen molar-refractivity contribution in [2.24, 2.45) is 5.10 Å². The minimum Gasteiger partial charge on any atom is -0.463 e. The van der Waals surface area contributed by atoms with Gasteiger partial charge in [-0.25, -0.2) is 5.43 Å². The molecule has 0 aliphatic carbocycles. The quantitative estimate of drug-likeness (QED) is 0.649. The van der Waals surface area contributed by atoms with Crippen LogP contribution in [0.4, 0.5) is 0 Å². The summed E-state index contributed by atoms with van der Waals surface area (Å²) in [6.07, 6.45) is 0.281. The van der Waals surface area contributed by atoms with Gasteiger partial charge in [0.1, 0.15) is 11.5 Å². The number of nitrogens with one attached hydrogen (secondary N) is 1. The van der Waals surface area contributed by atoms with Crippen molar-refractivity contribution in [3.63, 3.8) is 0 Å². The molecule has 0 unspecified atom stereocenters. The second kappa shape index (κ2) is 5.97. The van der Waals surface area contributed by atoms with Gasteiger partial charge in [0.05, 0.1) is 6.26 Å². The summed E-state index contributed by atoms with van der Waals surface area (Å²) in [5.74, 6) is -0.0217. The summed E-state index contributed by atoms with van der Waals surface area (Å²) in [7, 11) is 0. The first kappa shape index (κ1) is 13.0. The Morgan fingerprint density at radius 3 is 2.63 bits per heavy atom. The fourth-order valence-electron chi connectivity index (χ4n) is 1.53. The molecule has 0 aliphatic rings. The molecule has 5 nitrogen and oxygen atoms in total. The first-order valence-electron chi connectivity index (χ1n) is 5.79. The Bertz CT molecular complexity index is 562. The Balaban J connectivity index is 2.00. The molecule has 1 amide bonds. The van der Waals surface area contributed by atoms with Crippen molar-refractivity contribution in [1.29, 1.82) is 0 Å². The van der Waals surface area contributed by atoms with Crippen molar-refractivity contribution in [1.82, 2.24) is 5.43 Å². The van der Waals surface area contributed by atoms with Crippen LogP contribution in [0, 0.1) is 0 Å². The Morgan fingerprint density at radius 1 is 1.26 bits per heavy atom. The van der Waals surface area contributed by atoms with E-state index >= 15 is 0 Å². The van der Waals surface area contributed by atoms with Gasteiger partial charge in [-0.05, 0) is 24.6 Å². The summed E-state index contributed by atoms with van der Waals surface area (Å²) >= 11 is 0. The first-order chi connectivity index (χ1) is 9.18. The van der Waals surface area contributed by atoms with Crippen molar-refractivity contribution in [3.05, 3.63) is 60.1 Å². The molecule has 98 valence electrons. The van der Waals surface area contributed by atoms with Crippen LogP contribution in [0.25, 0.3) is 0 Å². The lowest BCUT2D eigenvalue weighted by atomic mass is 10.1. The predicted molar refractivity (Wildman–Crippen MR) is 70.5 cm³/mol. The molecular weight excluding hydrogens is 244 g/mol. The van der Waals surface area contributed by atoms with Crippen LogP contribution in [0.3, 0.4) is 0 Å². The van der Waals surface area contributed by atoms with Gasteiger partial charge < -0.3 is 9.52 Å². The summed E-state index contributed by atoms with van der Waals surface area (Å²) < 4.78 is 5.13. The van der Waals surface area contributed by atoms with Crippen LogP contribution >= 0.6 is 0 Å². The van der Waals surface area contributed by atoms with Crippen molar-refractivity contribution in [2.45, 2.75) is 13.0 Å². The highest BCUT2D eigenvalue weighted by Crippen LogP contribution is 2.11. The maximum absolute atomic E-state index is 11.7. The topological polar surface area (TPSA) is 74.8 Å². The minimum absolute atomic E-state index is 0.519. The van der Waals surface area contributed by atoms with Gasteiger partial charge in [0.15, 0.2) is 6.10 Å². The molecule has 0 radical (unpaired) electrons. The van der Waals surface area contributed by atoms with Gasteiger partial charge in [-0.1, -0.05) is 30.3 Å². The highest BCUT2D eigenvalue weighted by molar-refractivity contribution is 5.97. The monoisotopic (exact) mass is 258 g/mol. The normalized spacial score (nSPS) is 13.1. The number of aliphatic hydroxyl groups is 1. The van der Waals surface area contributed by atoms with E-state index in [0.29, 0.717) is 17.0 Å². The van der Waals surface area contributed by atoms with Gasteiger partial charge in [0, 0.05) is 0 Å². The number of rotatable bonds is 4. The number of carbonyl (C=O) groups excluding carboxylic acids is 1. The molecule has 0 saturated carbocycles. The third-order valence-electron chi connectivity index (χ3n) is 2.58. The second-order valence-corrected chi connectivity index (χ2v) is 3.96. The fraction of sp³-hybridized carbons (Fsp3) is 0.143. The van der Waals surface area contributed by atoms with Crippen LogP contribution in [0.15, 0.2) is 58.2 Å². The van der Waals surface area contributed by atoms with Crippen molar-refractivity contribution >= 4 is 11.6 Å². The van der Waals surface area contributed by atoms with Crippen molar-refractivity contribution < 1.29 is 14.3 Å². The number of furan rings is 1. The van der Waals surface area contributed by atoms with Crippen LogP contribution in [0.2, 0.25) is 0 Å². The van der Waals surface area contributed by atoms with Crippen molar-refractivity contribution in [2.75, 3.05) is 0 Å². The number of benzene rings is 1. The maximum Gasteiger partial charge on any atom is 0.273 e. The minimum atomic E-state index is -1.24. The zero-order valence-electron chi connectivity index (χ0n) is 10.4. The summed E-state index contributed by atoms with van der Waals surface area (Å²) in [5, 5.41) is 13.7. The average molecular weight is 258 g/mol. The lowest BCUT2D eigenvalue weighted by Gasteiger charge is -2.08. The Hall–Kier alpha value is -2.40. The molecule has 0 fully saturated rings. The SMILES string of the molecule is C/C(=N/NC(=O)[C@H](O)c1ccccc1)c1ccco1. The molecule has 1 atom stereocenters. The Morgan fingerprint density at radius 2 is 2.00 bits per heavy atom. The van der Waals surface area contributed by atoms with E-state index in [1.54, 1.807) is 43.3 Å². The molecule has 0 saturated heterocycles. The number of amides is 1. The highest BCUT2D eigenvalue weighted by atomic mass is 16.3. The summed E-state index contributed by atoms with van der Waals surface area (Å²) in [5.41, 5.74) is 3.35. The third kappa shape index (κ3) is 3.29. The highest BCUT2D eigenvalue weighted by Gasteiger charge is 2.16. The molecule has 0 spiro atoms. The number of carbonyl (C=O) groups is 1. The standard InChI is InChI=1S/C14H14N2O3/c1-10(12-8-5-9-19-12)15-16-14(18)13(17)11-6-3-2-4-7-11/h2-9,13,17H,1H3,(H,16,18)/b15-10-/t13-/m1/s1. The fourth-order valence-corrected chi connectivity index (χ4v) is 1.53.